The highest BCUT2D eigenvalue weighted by molar-refractivity contribution is 7.80. The summed E-state index contributed by atoms with van der Waals surface area (Å²) in [6, 6.07) is 12.6. The van der Waals surface area contributed by atoms with Gasteiger partial charge in [-0.25, -0.2) is 9.59 Å². The van der Waals surface area contributed by atoms with E-state index in [2.05, 4.69) is 10.6 Å². The summed E-state index contributed by atoms with van der Waals surface area (Å²) in [5.74, 6) is -0.935. The maximum absolute atomic E-state index is 12.3. The summed E-state index contributed by atoms with van der Waals surface area (Å²) in [5.41, 5.74) is 1.13. The van der Waals surface area contributed by atoms with Crippen molar-refractivity contribution in [2.24, 2.45) is 0 Å². The predicted octanol–water partition coefficient (Wildman–Crippen LogP) is 5.35. The number of benzene rings is 2. The molecule has 0 radical (unpaired) electrons. The Morgan fingerprint density at radius 3 is 2.20 bits per heavy atom. The number of hydrogen-bond donors (Lipinski definition) is 2. The zero-order valence-corrected chi connectivity index (χ0v) is 20.7. The maximum Gasteiger partial charge on any atom is 0.337 e. The van der Waals surface area contributed by atoms with Gasteiger partial charge in [-0.3, -0.25) is 10.1 Å². The van der Waals surface area contributed by atoms with Crippen LogP contribution in [-0.2, 0) is 14.3 Å². The van der Waals surface area contributed by atoms with Crippen LogP contribution in [0.3, 0.4) is 0 Å². The predicted molar refractivity (Wildman–Crippen MR) is 137 cm³/mol. The van der Waals surface area contributed by atoms with Gasteiger partial charge in [0.25, 0.3) is 0 Å². The van der Waals surface area contributed by atoms with Gasteiger partial charge in [0.1, 0.15) is 11.5 Å². The molecule has 1 heterocycles. The molecule has 3 aromatic rings. The van der Waals surface area contributed by atoms with Crippen LogP contribution in [0.25, 0.3) is 17.4 Å². The zero-order chi connectivity index (χ0) is 25.5. The molecular formula is C24H18Cl2N2O6S. The number of hydrogen-bond acceptors (Lipinski definition) is 7. The third kappa shape index (κ3) is 6.92. The number of carbonyl (C=O) groups is 3. The summed E-state index contributed by atoms with van der Waals surface area (Å²) >= 11 is 17.3. The van der Waals surface area contributed by atoms with E-state index in [-0.39, 0.29) is 21.9 Å². The molecule has 0 aliphatic rings. The van der Waals surface area contributed by atoms with Crippen molar-refractivity contribution < 1.29 is 28.3 Å². The first-order valence-electron chi connectivity index (χ1n) is 9.87. The topological polar surface area (TPSA) is 107 Å². The Labute approximate surface area is 215 Å². The Morgan fingerprint density at radius 1 is 0.943 bits per heavy atom. The number of carbonyl (C=O) groups excluding carboxylic acids is 3. The fourth-order valence-corrected chi connectivity index (χ4v) is 3.64. The monoisotopic (exact) mass is 532 g/mol. The Bertz CT molecular complexity index is 1300. The van der Waals surface area contributed by atoms with E-state index >= 15 is 0 Å². The van der Waals surface area contributed by atoms with Crippen LogP contribution in [0, 0.1) is 0 Å². The maximum atomic E-state index is 12.3. The summed E-state index contributed by atoms with van der Waals surface area (Å²) < 4.78 is 15.1. The molecule has 0 unspecified atom stereocenters. The normalized spacial score (nSPS) is 10.6. The van der Waals surface area contributed by atoms with Crippen molar-refractivity contribution in [3.05, 3.63) is 81.5 Å². The number of methoxy groups -OCH3 is 2. The number of esters is 2. The molecule has 0 atom stereocenters. The number of ether oxygens (including phenoxy) is 2. The lowest BCUT2D eigenvalue weighted by Gasteiger charge is -2.11. The Kier molecular flexibility index (Phi) is 8.64. The van der Waals surface area contributed by atoms with Crippen molar-refractivity contribution >= 4 is 70.1 Å². The number of halogens is 2. The van der Waals surface area contributed by atoms with E-state index in [4.69, 9.17) is 49.3 Å². The molecule has 1 aromatic heterocycles. The van der Waals surface area contributed by atoms with Crippen LogP contribution < -0.4 is 10.6 Å². The van der Waals surface area contributed by atoms with E-state index < -0.39 is 17.8 Å². The van der Waals surface area contributed by atoms with Gasteiger partial charge in [-0.05, 0) is 66.8 Å². The number of nitrogens with one attached hydrogen (secondary N) is 2. The van der Waals surface area contributed by atoms with E-state index in [9.17, 15) is 14.4 Å². The summed E-state index contributed by atoms with van der Waals surface area (Å²) in [6.07, 6.45) is 2.68. The van der Waals surface area contributed by atoms with E-state index in [0.29, 0.717) is 27.1 Å². The first kappa shape index (κ1) is 26.0. The standard InChI is InChI=1S/C24H18Cl2N2O6S/c1-32-22(30)13-9-14(23(31)33-2)11-16(10-13)27-24(35)28-21(29)8-5-17-4-7-20(34-17)18-6-3-15(25)12-19(18)26/h3-12H,1-2H3,(H2,27,28,29,35)/b8-5+. The average molecular weight is 533 g/mol. The molecule has 2 aromatic carbocycles. The van der Waals surface area contributed by atoms with Gasteiger partial charge in [-0.2, -0.15) is 0 Å². The molecule has 2 N–H and O–H groups in total. The third-order valence-electron chi connectivity index (χ3n) is 4.49. The lowest BCUT2D eigenvalue weighted by atomic mass is 10.1. The molecule has 0 spiro atoms. The van der Waals surface area contributed by atoms with E-state index in [0.717, 1.165) is 0 Å². The number of thiocarbonyl (C=S) groups is 1. The minimum absolute atomic E-state index is 0.0643. The van der Waals surface area contributed by atoms with Crippen molar-refractivity contribution in [3.63, 3.8) is 0 Å². The Balaban J connectivity index is 1.66. The lowest BCUT2D eigenvalue weighted by Crippen LogP contribution is -2.33. The van der Waals surface area contributed by atoms with E-state index in [1.807, 2.05) is 0 Å². The number of furan rings is 1. The molecule has 0 saturated heterocycles. The van der Waals surface area contributed by atoms with Crippen LogP contribution in [0.5, 0.6) is 0 Å². The molecule has 0 saturated carbocycles. The zero-order valence-electron chi connectivity index (χ0n) is 18.4. The molecular weight excluding hydrogens is 515 g/mol. The molecule has 1 amide bonds. The van der Waals surface area contributed by atoms with E-state index in [1.165, 1.54) is 44.6 Å². The highest BCUT2D eigenvalue weighted by Gasteiger charge is 2.15. The van der Waals surface area contributed by atoms with Crippen LogP contribution in [-0.4, -0.2) is 37.2 Å². The van der Waals surface area contributed by atoms with Gasteiger partial charge in [0.15, 0.2) is 5.11 Å². The molecule has 0 aliphatic carbocycles. The van der Waals surface area contributed by atoms with Crippen LogP contribution >= 0.6 is 35.4 Å². The van der Waals surface area contributed by atoms with Crippen molar-refractivity contribution in [1.82, 2.24) is 5.32 Å². The van der Waals surface area contributed by atoms with Gasteiger partial charge in [-0.1, -0.05) is 23.2 Å². The SMILES string of the molecule is COC(=O)c1cc(NC(=S)NC(=O)/C=C/c2ccc(-c3ccc(Cl)cc3Cl)o2)cc(C(=O)OC)c1. The van der Waals surface area contributed by atoms with Gasteiger partial charge in [0.2, 0.25) is 5.91 Å². The fourth-order valence-electron chi connectivity index (χ4n) is 2.92. The quantitative estimate of drug-likeness (QED) is 0.248. The van der Waals surface area contributed by atoms with Crippen LogP contribution in [0.4, 0.5) is 5.69 Å². The van der Waals surface area contributed by atoms with Crippen molar-refractivity contribution in [2.75, 3.05) is 19.5 Å². The minimum atomic E-state index is -0.658. The molecule has 0 bridgehead atoms. The molecule has 8 nitrogen and oxygen atoms in total. The average Bonchev–Trinajstić information content (AvgIpc) is 3.30. The highest BCUT2D eigenvalue weighted by Crippen LogP contribution is 2.31. The first-order valence-corrected chi connectivity index (χ1v) is 11.0. The largest absolute Gasteiger partial charge is 0.465 e. The summed E-state index contributed by atoms with van der Waals surface area (Å²) in [4.78, 5) is 36.1. The van der Waals surface area contributed by atoms with Gasteiger partial charge in [-0.15, -0.1) is 0 Å². The van der Waals surface area contributed by atoms with Crippen molar-refractivity contribution in [2.45, 2.75) is 0 Å². The molecule has 3 rings (SSSR count). The Morgan fingerprint density at radius 2 is 1.60 bits per heavy atom. The third-order valence-corrected chi connectivity index (χ3v) is 5.24. The smallest absolute Gasteiger partial charge is 0.337 e. The second kappa shape index (κ2) is 11.7. The van der Waals surface area contributed by atoms with Gasteiger partial charge < -0.3 is 19.2 Å². The summed E-state index contributed by atoms with van der Waals surface area (Å²) in [5, 5.41) is 6.08. The van der Waals surface area contributed by atoms with Crippen LogP contribution in [0.1, 0.15) is 26.5 Å². The van der Waals surface area contributed by atoms with Crippen LogP contribution in [0.2, 0.25) is 10.0 Å². The number of amides is 1. The van der Waals surface area contributed by atoms with Crippen molar-refractivity contribution in [3.8, 4) is 11.3 Å². The minimum Gasteiger partial charge on any atom is -0.465 e. The highest BCUT2D eigenvalue weighted by atomic mass is 35.5. The number of rotatable bonds is 6. The molecule has 35 heavy (non-hydrogen) atoms. The number of anilines is 1. The molecule has 180 valence electrons. The van der Waals surface area contributed by atoms with Gasteiger partial charge in [0, 0.05) is 22.3 Å². The fraction of sp³-hybridized carbons (Fsp3) is 0.0833. The Hall–Kier alpha value is -3.66. The second-order valence-corrected chi connectivity index (χ2v) is 8.14. The lowest BCUT2D eigenvalue weighted by molar-refractivity contribution is -0.115. The molecule has 0 aliphatic heterocycles. The van der Waals surface area contributed by atoms with Crippen molar-refractivity contribution in [1.29, 1.82) is 0 Å². The van der Waals surface area contributed by atoms with Crippen LogP contribution in [0.15, 0.2) is 59.0 Å². The molecule has 11 heteroatoms. The summed E-state index contributed by atoms with van der Waals surface area (Å²) in [7, 11) is 2.42. The molecule has 0 fully saturated rings. The van der Waals surface area contributed by atoms with Gasteiger partial charge in [0.05, 0.1) is 30.4 Å². The second-order valence-electron chi connectivity index (χ2n) is 6.89. The summed E-state index contributed by atoms with van der Waals surface area (Å²) in [6.45, 7) is 0. The van der Waals surface area contributed by atoms with E-state index in [1.54, 1.807) is 30.3 Å². The van der Waals surface area contributed by atoms with Gasteiger partial charge >= 0.3 is 11.9 Å². The first-order chi connectivity index (χ1) is 16.7.